The Hall–Kier alpha value is -0.480. The Morgan fingerprint density at radius 2 is 1.83 bits per heavy atom. The van der Waals surface area contributed by atoms with Crippen molar-refractivity contribution < 1.29 is 8.78 Å². The van der Waals surface area contributed by atoms with Gasteiger partial charge in [0.05, 0.1) is 0 Å². The van der Waals surface area contributed by atoms with Crippen LogP contribution in [0.15, 0.2) is 24.3 Å². The molecular formula is C7H6ClF2NS. The van der Waals surface area contributed by atoms with Crippen LogP contribution in [0, 0.1) is 0 Å². The standard InChI is InChI=1S/C7H6ClF2NS/c8-5-1-3-6(4-2-5)11-12-7(9)10/h1-4,7,11H. The normalized spacial score (nSPS) is 10.3. The first-order valence-electron chi connectivity index (χ1n) is 3.14. The van der Waals surface area contributed by atoms with Crippen LogP contribution in [0.1, 0.15) is 0 Å². The number of anilines is 1. The van der Waals surface area contributed by atoms with Gasteiger partial charge in [-0.25, -0.2) is 0 Å². The predicted octanol–water partition coefficient (Wildman–Crippen LogP) is 3.62. The third-order valence-electron chi connectivity index (χ3n) is 1.11. The highest BCUT2D eigenvalue weighted by molar-refractivity contribution is 8.00. The fraction of sp³-hybridized carbons (Fsp3) is 0.143. The lowest BCUT2D eigenvalue weighted by atomic mass is 10.3. The zero-order valence-electron chi connectivity index (χ0n) is 5.93. The van der Waals surface area contributed by atoms with E-state index in [0.717, 1.165) is 0 Å². The minimum atomic E-state index is -2.42. The fourth-order valence-corrected chi connectivity index (χ4v) is 1.12. The molecule has 0 saturated heterocycles. The van der Waals surface area contributed by atoms with Crippen molar-refractivity contribution in [1.82, 2.24) is 0 Å². The number of nitrogens with one attached hydrogen (secondary N) is 1. The molecule has 0 spiro atoms. The molecule has 0 atom stereocenters. The van der Waals surface area contributed by atoms with E-state index in [1.807, 2.05) is 0 Å². The molecule has 0 fully saturated rings. The molecule has 1 rings (SSSR count). The molecule has 0 amide bonds. The highest BCUT2D eigenvalue weighted by atomic mass is 35.5. The van der Waals surface area contributed by atoms with Gasteiger partial charge in [-0.1, -0.05) is 11.6 Å². The average Bonchev–Trinajstić information content (AvgIpc) is 2.03. The van der Waals surface area contributed by atoms with Crippen molar-refractivity contribution in [3.05, 3.63) is 29.3 Å². The summed E-state index contributed by atoms with van der Waals surface area (Å²) in [5, 5.41) is 0.586. The quantitative estimate of drug-likeness (QED) is 0.764. The van der Waals surface area contributed by atoms with Gasteiger partial charge in [0, 0.05) is 22.7 Å². The maximum Gasteiger partial charge on any atom is 0.302 e. The Balaban J connectivity index is 2.48. The van der Waals surface area contributed by atoms with E-state index in [4.69, 9.17) is 11.6 Å². The number of halogens is 3. The molecule has 5 heteroatoms. The topological polar surface area (TPSA) is 12.0 Å². The van der Waals surface area contributed by atoms with Crippen LogP contribution in [-0.4, -0.2) is 5.76 Å². The van der Waals surface area contributed by atoms with Crippen molar-refractivity contribution in [2.45, 2.75) is 5.76 Å². The first-order chi connectivity index (χ1) is 5.68. The van der Waals surface area contributed by atoms with E-state index < -0.39 is 5.76 Å². The van der Waals surface area contributed by atoms with E-state index in [2.05, 4.69) is 4.72 Å². The van der Waals surface area contributed by atoms with Crippen LogP contribution in [-0.2, 0) is 0 Å². The Morgan fingerprint density at radius 1 is 1.25 bits per heavy atom. The molecule has 0 unspecified atom stereocenters. The second-order valence-electron chi connectivity index (χ2n) is 1.99. The summed E-state index contributed by atoms with van der Waals surface area (Å²) in [6.45, 7) is 0. The largest absolute Gasteiger partial charge is 0.325 e. The molecule has 0 heterocycles. The summed E-state index contributed by atoms with van der Waals surface area (Å²) >= 11 is 5.96. The summed E-state index contributed by atoms with van der Waals surface area (Å²) in [5.74, 6) is -2.42. The summed E-state index contributed by atoms with van der Waals surface area (Å²) in [4.78, 5) is 0. The summed E-state index contributed by atoms with van der Waals surface area (Å²) in [5.41, 5.74) is 0.615. The molecule has 0 bridgehead atoms. The van der Waals surface area contributed by atoms with Crippen molar-refractivity contribution in [3.8, 4) is 0 Å². The molecular weight excluding hydrogens is 204 g/mol. The van der Waals surface area contributed by atoms with Crippen molar-refractivity contribution >= 4 is 29.2 Å². The highest BCUT2D eigenvalue weighted by Gasteiger charge is 2.01. The van der Waals surface area contributed by atoms with Crippen LogP contribution in [0.25, 0.3) is 0 Å². The zero-order valence-corrected chi connectivity index (χ0v) is 7.50. The first kappa shape index (κ1) is 9.61. The number of benzene rings is 1. The summed E-state index contributed by atoms with van der Waals surface area (Å²) in [6, 6.07) is 6.54. The molecule has 1 aromatic rings. The lowest BCUT2D eigenvalue weighted by Gasteiger charge is -2.03. The Bertz CT molecular complexity index is 240. The second-order valence-corrected chi connectivity index (χ2v) is 3.22. The van der Waals surface area contributed by atoms with Crippen LogP contribution in [0.5, 0.6) is 0 Å². The second kappa shape index (κ2) is 4.52. The number of hydrogen-bond acceptors (Lipinski definition) is 2. The monoisotopic (exact) mass is 209 g/mol. The van der Waals surface area contributed by atoms with Crippen LogP contribution >= 0.6 is 23.5 Å². The number of rotatable bonds is 3. The molecule has 1 N–H and O–H groups in total. The lowest BCUT2D eigenvalue weighted by Crippen LogP contribution is -1.91. The van der Waals surface area contributed by atoms with E-state index in [0.29, 0.717) is 22.7 Å². The van der Waals surface area contributed by atoms with E-state index in [1.165, 1.54) is 0 Å². The fourth-order valence-electron chi connectivity index (χ4n) is 0.631. The molecule has 12 heavy (non-hydrogen) atoms. The van der Waals surface area contributed by atoms with E-state index in [-0.39, 0.29) is 0 Å². The molecule has 0 aromatic heterocycles. The van der Waals surface area contributed by atoms with Gasteiger partial charge in [0.2, 0.25) is 0 Å². The van der Waals surface area contributed by atoms with E-state index >= 15 is 0 Å². The van der Waals surface area contributed by atoms with E-state index in [1.54, 1.807) is 24.3 Å². The molecule has 0 radical (unpaired) electrons. The maximum atomic E-state index is 11.7. The van der Waals surface area contributed by atoms with Gasteiger partial charge in [0.25, 0.3) is 0 Å². The Morgan fingerprint density at radius 3 is 2.33 bits per heavy atom. The minimum Gasteiger partial charge on any atom is -0.325 e. The molecule has 0 aliphatic heterocycles. The Kier molecular flexibility index (Phi) is 3.62. The van der Waals surface area contributed by atoms with Crippen molar-refractivity contribution in [2.24, 2.45) is 0 Å². The highest BCUT2D eigenvalue weighted by Crippen LogP contribution is 2.19. The average molecular weight is 210 g/mol. The number of alkyl halides is 2. The predicted molar refractivity (Wildman–Crippen MR) is 48.7 cm³/mol. The van der Waals surface area contributed by atoms with Crippen LogP contribution in [0.2, 0.25) is 5.02 Å². The van der Waals surface area contributed by atoms with Gasteiger partial charge in [-0.2, -0.15) is 8.78 Å². The van der Waals surface area contributed by atoms with Crippen LogP contribution < -0.4 is 4.72 Å². The van der Waals surface area contributed by atoms with Crippen molar-refractivity contribution in [1.29, 1.82) is 0 Å². The molecule has 0 saturated carbocycles. The van der Waals surface area contributed by atoms with Gasteiger partial charge in [-0.05, 0) is 24.3 Å². The SMILES string of the molecule is FC(F)SNc1ccc(Cl)cc1. The van der Waals surface area contributed by atoms with Gasteiger partial charge >= 0.3 is 5.76 Å². The molecule has 0 aliphatic rings. The third kappa shape index (κ3) is 3.28. The summed E-state index contributed by atoms with van der Waals surface area (Å²) in [6.07, 6.45) is 0. The van der Waals surface area contributed by atoms with E-state index in [9.17, 15) is 8.78 Å². The number of hydrogen-bond donors (Lipinski definition) is 1. The minimum absolute atomic E-state index is 0.364. The van der Waals surface area contributed by atoms with Gasteiger partial charge in [0.15, 0.2) is 0 Å². The third-order valence-corrected chi connectivity index (χ3v) is 1.89. The van der Waals surface area contributed by atoms with Gasteiger partial charge in [-0.3, -0.25) is 0 Å². The van der Waals surface area contributed by atoms with Gasteiger partial charge < -0.3 is 4.72 Å². The van der Waals surface area contributed by atoms with Gasteiger partial charge in [-0.15, -0.1) is 0 Å². The zero-order chi connectivity index (χ0) is 8.97. The first-order valence-corrected chi connectivity index (χ1v) is 4.39. The van der Waals surface area contributed by atoms with Crippen LogP contribution in [0.4, 0.5) is 14.5 Å². The molecule has 66 valence electrons. The lowest BCUT2D eigenvalue weighted by molar-refractivity contribution is 0.252. The molecule has 0 aliphatic carbocycles. The van der Waals surface area contributed by atoms with Gasteiger partial charge in [0.1, 0.15) is 0 Å². The summed E-state index contributed by atoms with van der Waals surface area (Å²) in [7, 11) is 0. The maximum absolute atomic E-state index is 11.7. The molecule has 1 aromatic carbocycles. The smallest absolute Gasteiger partial charge is 0.302 e. The van der Waals surface area contributed by atoms with Crippen molar-refractivity contribution in [3.63, 3.8) is 0 Å². The van der Waals surface area contributed by atoms with Crippen molar-refractivity contribution in [2.75, 3.05) is 4.72 Å². The molecule has 1 nitrogen and oxygen atoms in total. The summed E-state index contributed by atoms with van der Waals surface area (Å²) < 4.78 is 25.8. The van der Waals surface area contributed by atoms with Crippen LogP contribution in [0.3, 0.4) is 0 Å². The Labute approximate surface area is 78.2 Å².